The van der Waals surface area contributed by atoms with E-state index in [1.165, 1.54) is 16.1 Å². The molecule has 0 aliphatic carbocycles. The Morgan fingerprint density at radius 1 is 1.05 bits per heavy atom. The Labute approximate surface area is 214 Å². The number of hydrogen-bond donors (Lipinski definition) is 1. The molecular formula is C25H19F4N3O3S2. The van der Waals surface area contributed by atoms with Gasteiger partial charge in [0.25, 0.3) is 0 Å². The van der Waals surface area contributed by atoms with Crippen LogP contribution in [0, 0.1) is 11.7 Å². The number of benzene rings is 2. The predicted octanol–water partition coefficient (Wildman–Crippen LogP) is 6.07. The molecule has 0 amide bonds. The van der Waals surface area contributed by atoms with Crippen LogP contribution in [0.15, 0.2) is 66.4 Å². The molecule has 12 heteroatoms. The Morgan fingerprint density at radius 3 is 2.57 bits per heavy atom. The van der Waals surface area contributed by atoms with Crippen LogP contribution in [0.1, 0.15) is 11.3 Å². The van der Waals surface area contributed by atoms with Gasteiger partial charge in [-0.1, -0.05) is 18.2 Å². The lowest BCUT2D eigenvalue weighted by Crippen LogP contribution is -2.30. The standard InChI is InChI=1S/C25H19F4N3O3S2/c26-19-4-6-22(32-37(33,34)25(27,28)29)21(10-19)16-1-2-17-7-15(13-35-23(17)9-16)8-20-5-3-18(11-31-20)24-12-30-14-36-24/h1-6,9-12,14-15,32H,7-8,13H2/t15-/m0/s1. The highest BCUT2D eigenvalue weighted by Gasteiger charge is 2.46. The van der Waals surface area contributed by atoms with E-state index in [0.717, 1.165) is 39.9 Å². The molecule has 3 heterocycles. The molecule has 0 unspecified atom stereocenters. The number of alkyl halides is 3. The SMILES string of the molecule is O=S(=O)(Nc1ccc(F)cc1-c1ccc2c(c1)OC[C@H](Cc1ccc(-c3cncs3)cn1)C2)C(F)(F)F. The highest BCUT2D eigenvalue weighted by atomic mass is 32.2. The van der Waals surface area contributed by atoms with E-state index in [-0.39, 0.29) is 17.2 Å². The Bertz CT molecular complexity index is 1520. The van der Waals surface area contributed by atoms with Crippen LogP contribution >= 0.6 is 11.3 Å². The number of fused-ring (bicyclic) bond motifs is 1. The highest BCUT2D eigenvalue weighted by molar-refractivity contribution is 7.93. The number of rotatable bonds is 6. The van der Waals surface area contributed by atoms with E-state index in [9.17, 15) is 26.0 Å². The van der Waals surface area contributed by atoms with E-state index in [0.29, 0.717) is 30.8 Å². The van der Waals surface area contributed by atoms with Gasteiger partial charge in [-0.15, -0.1) is 11.3 Å². The molecule has 0 fully saturated rings. The van der Waals surface area contributed by atoms with Gasteiger partial charge in [-0.2, -0.15) is 21.6 Å². The summed E-state index contributed by atoms with van der Waals surface area (Å²) in [5.41, 5.74) is -1.05. The lowest BCUT2D eigenvalue weighted by Gasteiger charge is -2.26. The Kier molecular flexibility index (Phi) is 6.63. The third kappa shape index (κ3) is 5.44. The van der Waals surface area contributed by atoms with Gasteiger partial charge in [0.15, 0.2) is 0 Å². The van der Waals surface area contributed by atoms with Crippen LogP contribution in [-0.4, -0.2) is 30.5 Å². The molecule has 5 rings (SSSR count). The first kappa shape index (κ1) is 25.2. The summed E-state index contributed by atoms with van der Waals surface area (Å²) in [7, 11) is -5.68. The Hall–Kier alpha value is -3.51. The first-order chi connectivity index (χ1) is 17.6. The summed E-state index contributed by atoms with van der Waals surface area (Å²) in [6.07, 6.45) is 4.98. The molecular weight excluding hydrogens is 530 g/mol. The highest BCUT2D eigenvalue weighted by Crippen LogP contribution is 2.37. The molecule has 2 aromatic carbocycles. The van der Waals surface area contributed by atoms with Crippen LogP contribution in [0.3, 0.4) is 0 Å². The van der Waals surface area contributed by atoms with Crippen LogP contribution in [-0.2, 0) is 22.9 Å². The van der Waals surface area contributed by atoms with Crippen LogP contribution in [0.4, 0.5) is 23.2 Å². The van der Waals surface area contributed by atoms with Gasteiger partial charge >= 0.3 is 15.5 Å². The lowest BCUT2D eigenvalue weighted by molar-refractivity contribution is -0.0429. The number of pyridine rings is 1. The van der Waals surface area contributed by atoms with Crippen LogP contribution < -0.4 is 9.46 Å². The topological polar surface area (TPSA) is 81.2 Å². The summed E-state index contributed by atoms with van der Waals surface area (Å²) in [5.74, 6) is -0.0582. The second kappa shape index (κ2) is 9.75. The van der Waals surface area contributed by atoms with Crippen molar-refractivity contribution in [3.05, 3.63) is 83.5 Å². The maximum atomic E-state index is 14.0. The second-order valence-electron chi connectivity index (χ2n) is 8.55. The molecule has 0 bridgehead atoms. The zero-order valence-electron chi connectivity index (χ0n) is 19.0. The minimum atomic E-state index is -5.68. The van der Waals surface area contributed by atoms with Gasteiger partial charge in [-0.25, -0.2) is 4.39 Å². The molecule has 192 valence electrons. The zero-order valence-corrected chi connectivity index (χ0v) is 20.6. The maximum absolute atomic E-state index is 14.0. The average molecular weight is 550 g/mol. The Balaban J connectivity index is 1.33. The van der Waals surface area contributed by atoms with Crippen molar-refractivity contribution in [3.8, 4) is 27.3 Å². The molecule has 0 radical (unpaired) electrons. The smallest absolute Gasteiger partial charge is 0.493 e. The molecule has 2 aromatic heterocycles. The van der Waals surface area contributed by atoms with E-state index >= 15 is 0 Å². The number of ether oxygens (including phenoxy) is 1. The molecule has 0 spiro atoms. The predicted molar refractivity (Wildman–Crippen MR) is 132 cm³/mol. The van der Waals surface area contributed by atoms with Crippen LogP contribution in [0.2, 0.25) is 0 Å². The van der Waals surface area contributed by atoms with Crippen molar-refractivity contribution in [2.75, 3.05) is 11.3 Å². The number of halogens is 4. The van der Waals surface area contributed by atoms with E-state index in [1.807, 2.05) is 18.3 Å². The van der Waals surface area contributed by atoms with Crippen LogP contribution in [0.5, 0.6) is 5.75 Å². The van der Waals surface area contributed by atoms with E-state index in [1.54, 1.807) is 29.9 Å². The first-order valence-electron chi connectivity index (χ1n) is 11.1. The fourth-order valence-electron chi connectivity index (χ4n) is 4.13. The fraction of sp³-hybridized carbons (Fsp3) is 0.200. The summed E-state index contributed by atoms with van der Waals surface area (Å²) in [4.78, 5) is 9.67. The number of nitrogens with one attached hydrogen (secondary N) is 1. The fourth-order valence-corrected chi connectivity index (χ4v) is 5.32. The summed E-state index contributed by atoms with van der Waals surface area (Å²) in [6, 6.07) is 11.7. The van der Waals surface area contributed by atoms with Crippen LogP contribution in [0.25, 0.3) is 21.6 Å². The Morgan fingerprint density at radius 2 is 1.86 bits per heavy atom. The van der Waals surface area contributed by atoms with E-state index in [2.05, 4.69) is 9.97 Å². The molecule has 0 saturated carbocycles. The number of hydrogen-bond acceptors (Lipinski definition) is 6. The summed E-state index contributed by atoms with van der Waals surface area (Å²) < 4.78 is 83.3. The van der Waals surface area contributed by atoms with Crippen molar-refractivity contribution in [3.63, 3.8) is 0 Å². The van der Waals surface area contributed by atoms with Gasteiger partial charge in [0.2, 0.25) is 0 Å². The van der Waals surface area contributed by atoms with Crippen molar-refractivity contribution in [1.29, 1.82) is 0 Å². The van der Waals surface area contributed by atoms with Crippen molar-refractivity contribution < 1.29 is 30.7 Å². The number of aromatic nitrogens is 2. The molecule has 1 aliphatic heterocycles. The van der Waals surface area contributed by atoms with Crippen molar-refractivity contribution in [2.24, 2.45) is 5.92 Å². The van der Waals surface area contributed by atoms with Gasteiger partial charge in [0, 0.05) is 35.1 Å². The third-order valence-electron chi connectivity index (χ3n) is 5.93. The maximum Gasteiger partial charge on any atom is 0.516 e. The molecule has 1 N–H and O–H groups in total. The largest absolute Gasteiger partial charge is 0.516 e. The van der Waals surface area contributed by atoms with Gasteiger partial charge in [0.1, 0.15) is 11.6 Å². The number of sulfonamides is 1. The molecule has 4 aromatic rings. The zero-order chi connectivity index (χ0) is 26.2. The molecule has 1 atom stereocenters. The van der Waals surface area contributed by atoms with E-state index in [4.69, 9.17) is 4.74 Å². The van der Waals surface area contributed by atoms with Gasteiger partial charge in [-0.3, -0.25) is 14.7 Å². The minimum absolute atomic E-state index is 0.0356. The normalized spacial score (nSPS) is 15.6. The van der Waals surface area contributed by atoms with Gasteiger partial charge in [-0.05, 0) is 54.3 Å². The lowest BCUT2D eigenvalue weighted by atomic mass is 9.91. The summed E-state index contributed by atoms with van der Waals surface area (Å²) >= 11 is 1.54. The monoisotopic (exact) mass is 549 g/mol. The minimum Gasteiger partial charge on any atom is -0.493 e. The number of thiazole rings is 1. The first-order valence-corrected chi connectivity index (χ1v) is 13.4. The van der Waals surface area contributed by atoms with Crippen molar-refractivity contribution in [1.82, 2.24) is 9.97 Å². The van der Waals surface area contributed by atoms with Gasteiger partial charge < -0.3 is 4.74 Å². The van der Waals surface area contributed by atoms with Crippen molar-refractivity contribution >= 4 is 27.0 Å². The molecule has 1 aliphatic rings. The summed E-state index contributed by atoms with van der Waals surface area (Å²) in [5, 5.41) is 0. The molecule has 6 nitrogen and oxygen atoms in total. The molecule has 0 saturated heterocycles. The van der Waals surface area contributed by atoms with Gasteiger partial charge in [0.05, 0.1) is 22.7 Å². The summed E-state index contributed by atoms with van der Waals surface area (Å²) in [6.45, 7) is 0.394. The third-order valence-corrected chi connectivity index (χ3v) is 7.85. The number of nitrogens with zero attached hydrogens (tertiary/aromatic N) is 2. The van der Waals surface area contributed by atoms with E-state index < -0.39 is 21.3 Å². The van der Waals surface area contributed by atoms with Crippen molar-refractivity contribution in [2.45, 2.75) is 18.3 Å². The second-order valence-corrected chi connectivity index (χ2v) is 11.1. The molecule has 37 heavy (non-hydrogen) atoms. The number of anilines is 1. The average Bonchev–Trinajstić information content (AvgIpc) is 3.40. The quantitative estimate of drug-likeness (QED) is 0.296.